The molecule has 2 aromatic carbocycles. The van der Waals surface area contributed by atoms with E-state index in [0.717, 1.165) is 0 Å². The summed E-state index contributed by atoms with van der Waals surface area (Å²) in [5.41, 5.74) is 5.93. The van der Waals surface area contributed by atoms with Gasteiger partial charge in [0.25, 0.3) is 11.8 Å². The van der Waals surface area contributed by atoms with Gasteiger partial charge < -0.3 is 20.5 Å². The first-order chi connectivity index (χ1) is 12.4. The first-order valence-electron chi connectivity index (χ1n) is 8.04. The molecular formula is C19H21FN2O4. The van der Waals surface area contributed by atoms with E-state index in [0.29, 0.717) is 29.0 Å². The fourth-order valence-electron chi connectivity index (χ4n) is 2.43. The van der Waals surface area contributed by atoms with Crippen LogP contribution in [0.1, 0.15) is 22.8 Å². The summed E-state index contributed by atoms with van der Waals surface area (Å²) in [6.07, 6.45) is 0.370. The highest BCUT2D eigenvalue weighted by atomic mass is 19.1. The van der Waals surface area contributed by atoms with Crippen molar-refractivity contribution in [2.24, 2.45) is 5.73 Å². The first-order valence-corrected chi connectivity index (χ1v) is 8.04. The minimum atomic E-state index is -0.615. The molecule has 0 aromatic heterocycles. The highest BCUT2D eigenvalue weighted by Crippen LogP contribution is 2.28. The van der Waals surface area contributed by atoms with E-state index in [1.165, 1.54) is 25.3 Å². The third kappa shape index (κ3) is 5.20. The number of methoxy groups -OCH3 is 1. The molecule has 0 aliphatic heterocycles. The van der Waals surface area contributed by atoms with Gasteiger partial charge in [-0.15, -0.1) is 0 Å². The summed E-state index contributed by atoms with van der Waals surface area (Å²) in [6, 6.07) is 10.8. The first kappa shape index (κ1) is 19.2. The van der Waals surface area contributed by atoms with Crippen LogP contribution in [0.2, 0.25) is 0 Å². The number of benzene rings is 2. The molecule has 0 heterocycles. The van der Waals surface area contributed by atoms with Crippen LogP contribution in [-0.2, 0) is 11.2 Å². The molecule has 138 valence electrons. The Bertz CT molecular complexity index is 795. The fourth-order valence-corrected chi connectivity index (χ4v) is 2.43. The third-order valence-corrected chi connectivity index (χ3v) is 3.66. The van der Waals surface area contributed by atoms with E-state index in [-0.39, 0.29) is 24.4 Å². The molecule has 2 amide bonds. The van der Waals surface area contributed by atoms with Crippen LogP contribution in [0.4, 0.5) is 4.39 Å². The molecule has 0 aliphatic rings. The van der Waals surface area contributed by atoms with Crippen LogP contribution in [-0.4, -0.2) is 31.6 Å². The molecule has 3 N–H and O–H groups in total. The monoisotopic (exact) mass is 360 g/mol. The summed E-state index contributed by atoms with van der Waals surface area (Å²) in [5.74, 6) is -0.626. The minimum Gasteiger partial charge on any atom is -0.493 e. The molecule has 0 saturated carbocycles. The van der Waals surface area contributed by atoms with Crippen molar-refractivity contribution in [3.05, 3.63) is 59.4 Å². The van der Waals surface area contributed by atoms with Crippen LogP contribution in [0.5, 0.6) is 11.5 Å². The Balaban J connectivity index is 2.04. The molecule has 0 aliphatic carbocycles. The quantitative estimate of drug-likeness (QED) is 0.754. The van der Waals surface area contributed by atoms with Crippen molar-refractivity contribution in [1.29, 1.82) is 0 Å². The molecule has 0 radical (unpaired) electrons. The number of carbonyl (C=O) groups is 2. The summed E-state index contributed by atoms with van der Waals surface area (Å²) < 4.78 is 24.1. The normalized spacial score (nSPS) is 11.5. The summed E-state index contributed by atoms with van der Waals surface area (Å²) in [6.45, 7) is 1.51. The second kappa shape index (κ2) is 8.84. The SMILES string of the molecule is COc1cc(C(=O)NC(C)Cc2ccccc2F)ccc1OCC(N)=O. The number of primary amides is 1. The van der Waals surface area contributed by atoms with Gasteiger partial charge in [-0.2, -0.15) is 0 Å². The van der Waals surface area contributed by atoms with Crippen LogP contribution >= 0.6 is 0 Å². The Morgan fingerprint density at radius 1 is 1.19 bits per heavy atom. The molecule has 0 saturated heterocycles. The second-order valence-corrected chi connectivity index (χ2v) is 5.79. The topological polar surface area (TPSA) is 90.7 Å². The molecular weight excluding hydrogens is 339 g/mol. The van der Waals surface area contributed by atoms with Crippen molar-refractivity contribution in [2.75, 3.05) is 13.7 Å². The number of ether oxygens (including phenoxy) is 2. The minimum absolute atomic E-state index is 0.267. The maximum Gasteiger partial charge on any atom is 0.255 e. The van der Waals surface area contributed by atoms with Crippen molar-refractivity contribution < 1.29 is 23.5 Å². The van der Waals surface area contributed by atoms with E-state index in [4.69, 9.17) is 15.2 Å². The molecule has 0 bridgehead atoms. The predicted octanol–water partition coefficient (Wildman–Crippen LogP) is 2.06. The summed E-state index contributed by atoms with van der Waals surface area (Å²) >= 11 is 0. The molecule has 1 atom stereocenters. The summed E-state index contributed by atoms with van der Waals surface area (Å²) in [7, 11) is 1.43. The molecule has 2 rings (SSSR count). The zero-order valence-corrected chi connectivity index (χ0v) is 14.6. The number of nitrogens with one attached hydrogen (secondary N) is 1. The zero-order chi connectivity index (χ0) is 19.1. The van der Waals surface area contributed by atoms with Gasteiger partial charge in [-0.05, 0) is 43.2 Å². The van der Waals surface area contributed by atoms with Crippen molar-refractivity contribution >= 4 is 11.8 Å². The molecule has 2 aromatic rings. The Hall–Kier alpha value is -3.09. The van der Waals surface area contributed by atoms with Gasteiger partial charge in [-0.1, -0.05) is 18.2 Å². The van der Waals surface area contributed by atoms with Gasteiger partial charge in [-0.25, -0.2) is 4.39 Å². The molecule has 26 heavy (non-hydrogen) atoms. The Kier molecular flexibility index (Phi) is 6.54. The van der Waals surface area contributed by atoms with Crippen LogP contribution in [0.3, 0.4) is 0 Å². The molecule has 0 spiro atoms. The number of amides is 2. The zero-order valence-electron chi connectivity index (χ0n) is 14.6. The maximum absolute atomic E-state index is 13.7. The maximum atomic E-state index is 13.7. The summed E-state index contributed by atoms with van der Waals surface area (Å²) in [4.78, 5) is 23.2. The number of halogens is 1. The van der Waals surface area contributed by atoms with Gasteiger partial charge >= 0.3 is 0 Å². The third-order valence-electron chi connectivity index (χ3n) is 3.66. The lowest BCUT2D eigenvalue weighted by molar-refractivity contribution is -0.119. The Morgan fingerprint density at radius 3 is 2.58 bits per heavy atom. The molecule has 0 fully saturated rings. The lowest BCUT2D eigenvalue weighted by Crippen LogP contribution is -2.34. The van der Waals surface area contributed by atoms with E-state index < -0.39 is 5.91 Å². The van der Waals surface area contributed by atoms with Crippen LogP contribution in [0.15, 0.2) is 42.5 Å². The van der Waals surface area contributed by atoms with Crippen LogP contribution in [0.25, 0.3) is 0 Å². The predicted molar refractivity (Wildman–Crippen MR) is 94.7 cm³/mol. The largest absolute Gasteiger partial charge is 0.493 e. The lowest BCUT2D eigenvalue weighted by atomic mass is 10.1. The lowest BCUT2D eigenvalue weighted by Gasteiger charge is -2.16. The molecule has 1 unspecified atom stereocenters. The van der Waals surface area contributed by atoms with Crippen molar-refractivity contribution in [3.63, 3.8) is 0 Å². The van der Waals surface area contributed by atoms with Crippen molar-refractivity contribution in [2.45, 2.75) is 19.4 Å². The van der Waals surface area contributed by atoms with Crippen molar-refractivity contribution in [3.8, 4) is 11.5 Å². The molecule has 7 heteroatoms. The highest BCUT2D eigenvalue weighted by molar-refractivity contribution is 5.95. The van der Waals surface area contributed by atoms with Gasteiger partial charge in [0.1, 0.15) is 5.82 Å². The van der Waals surface area contributed by atoms with E-state index >= 15 is 0 Å². The fraction of sp³-hybridized carbons (Fsp3) is 0.263. The van der Waals surface area contributed by atoms with Gasteiger partial charge in [0.2, 0.25) is 0 Å². The van der Waals surface area contributed by atoms with Gasteiger partial charge in [-0.3, -0.25) is 9.59 Å². The summed E-state index contributed by atoms with van der Waals surface area (Å²) in [5, 5.41) is 2.82. The number of hydrogen-bond donors (Lipinski definition) is 2. The van der Waals surface area contributed by atoms with Gasteiger partial charge in [0.15, 0.2) is 18.1 Å². The van der Waals surface area contributed by atoms with E-state index in [2.05, 4.69) is 5.32 Å². The van der Waals surface area contributed by atoms with Gasteiger partial charge in [0, 0.05) is 11.6 Å². The second-order valence-electron chi connectivity index (χ2n) is 5.79. The average Bonchev–Trinajstić information content (AvgIpc) is 2.61. The number of nitrogens with two attached hydrogens (primary N) is 1. The number of carbonyl (C=O) groups excluding carboxylic acids is 2. The average molecular weight is 360 g/mol. The Morgan fingerprint density at radius 2 is 1.92 bits per heavy atom. The van der Waals surface area contributed by atoms with Crippen LogP contribution < -0.4 is 20.5 Å². The van der Waals surface area contributed by atoms with E-state index in [1.54, 1.807) is 31.2 Å². The smallest absolute Gasteiger partial charge is 0.255 e. The Labute approximate surface area is 151 Å². The van der Waals surface area contributed by atoms with Crippen LogP contribution in [0, 0.1) is 5.82 Å². The highest BCUT2D eigenvalue weighted by Gasteiger charge is 2.15. The molecule has 6 nitrogen and oxygen atoms in total. The van der Waals surface area contributed by atoms with E-state index in [1.807, 2.05) is 0 Å². The van der Waals surface area contributed by atoms with E-state index in [9.17, 15) is 14.0 Å². The number of rotatable bonds is 8. The van der Waals surface area contributed by atoms with Gasteiger partial charge in [0.05, 0.1) is 7.11 Å². The van der Waals surface area contributed by atoms with Crippen molar-refractivity contribution in [1.82, 2.24) is 5.32 Å². The standard InChI is InChI=1S/C19H21FN2O4/c1-12(9-13-5-3-4-6-15(13)20)22-19(24)14-7-8-16(17(10-14)25-2)26-11-18(21)23/h3-8,10,12H,9,11H2,1-2H3,(H2,21,23)(H,22,24). The number of hydrogen-bond acceptors (Lipinski definition) is 4.